The highest BCUT2D eigenvalue weighted by Gasteiger charge is 2.24. The summed E-state index contributed by atoms with van der Waals surface area (Å²) in [6.07, 6.45) is 5.97. The van der Waals surface area contributed by atoms with Crippen LogP contribution >= 0.6 is 0 Å². The Morgan fingerprint density at radius 3 is 2.88 bits per heavy atom. The molecule has 0 saturated heterocycles. The molecular formula is C13H11N3O. The third-order valence-corrected chi connectivity index (χ3v) is 2.68. The van der Waals surface area contributed by atoms with Crippen molar-refractivity contribution in [3.63, 3.8) is 0 Å². The highest BCUT2D eigenvalue weighted by atomic mass is 16.6. The summed E-state index contributed by atoms with van der Waals surface area (Å²) in [4.78, 5) is 13.8. The van der Waals surface area contributed by atoms with Gasteiger partial charge in [0, 0.05) is 30.6 Å². The molecule has 0 N–H and O–H groups in total. The van der Waals surface area contributed by atoms with Gasteiger partial charge in [-0.15, -0.1) is 0 Å². The fourth-order valence-corrected chi connectivity index (χ4v) is 1.81. The summed E-state index contributed by atoms with van der Waals surface area (Å²) >= 11 is 0. The molecule has 0 aromatic carbocycles. The molecule has 2 aromatic rings. The maximum atomic E-state index is 5.40. The lowest BCUT2D eigenvalue weighted by Crippen LogP contribution is -2.03. The summed E-state index contributed by atoms with van der Waals surface area (Å²) in [5.41, 5.74) is 2.84. The summed E-state index contributed by atoms with van der Waals surface area (Å²) in [5, 5.41) is 4.10. The summed E-state index contributed by atoms with van der Waals surface area (Å²) in [6.45, 7) is 0. The van der Waals surface area contributed by atoms with Gasteiger partial charge in [0.2, 0.25) is 0 Å². The van der Waals surface area contributed by atoms with Crippen molar-refractivity contribution in [2.24, 2.45) is 5.16 Å². The van der Waals surface area contributed by atoms with Crippen LogP contribution in [0.2, 0.25) is 0 Å². The van der Waals surface area contributed by atoms with Crippen LogP contribution in [0.25, 0.3) is 0 Å². The first-order valence-corrected chi connectivity index (χ1v) is 5.47. The molecule has 1 atom stereocenters. The van der Waals surface area contributed by atoms with Crippen molar-refractivity contribution in [3.8, 4) is 0 Å². The molecule has 17 heavy (non-hydrogen) atoms. The van der Waals surface area contributed by atoms with Crippen LogP contribution in [-0.4, -0.2) is 15.7 Å². The lowest BCUT2D eigenvalue weighted by atomic mass is 10.0. The molecule has 3 heterocycles. The van der Waals surface area contributed by atoms with E-state index in [1.54, 1.807) is 18.6 Å². The largest absolute Gasteiger partial charge is 0.385 e. The Labute approximate surface area is 99.0 Å². The first kappa shape index (κ1) is 9.96. The molecule has 0 radical (unpaired) electrons. The van der Waals surface area contributed by atoms with Gasteiger partial charge in [0.15, 0.2) is 6.10 Å². The van der Waals surface area contributed by atoms with Crippen molar-refractivity contribution in [1.29, 1.82) is 0 Å². The Morgan fingerprint density at radius 2 is 2.12 bits per heavy atom. The van der Waals surface area contributed by atoms with Crippen LogP contribution in [0.1, 0.15) is 23.8 Å². The minimum atomic E-state index is -0.0774. The Hall–Kier alpha value is -2.23. The maximum Gasteiger partial charge on any atom is 0.174 e. The molecule has 3 rings (SSSR count). The Morgan fingerprint density at radius 1 is 1.12 bits per heavy atom. The lowest BCUT2D eigenvalue weighted by molar-refractivity contribution is 0.0826. The van der Waals surface area contributed by atoms with Crippen LogP contribution in [0.4, 0.5) is 0 Å². The molecule has 0 aliphatic carbocycles. The average Bonchev–Trinajstić information content (AvgIpc) is 2.90. The highest BCUT2D eigenvalue weighted by molar-refractivity contribution is 6.00. The number of oxime groups is 1. The molecule has 1 aliphatic rings. The topological polar surface area (TPSA) is 47.4 Å². The van der Waals surface area contributed by atoms with Crippen LogP contribution in [0.15, 0.2) is 54.1 Å². The van der Waals surface area contributed by atoms with Crippen molar-refractivity contribution in [2.45, 2.75) is 12.5 Å². The van der Waals surface area contributed by atoms with Gasteiger partial charge in [-0.3, -0.25) is 9.97 Å². The summed E-state index contributed by atoms with van der Waals surface area (Å²) in [5.74, 6) is 0. The smallest absolute Gasteiger partial charge is 0.174 e. The SMILES string of the molecule is c1ccc(C2CC(c3cccnc3)=NO2)nc1. The van der Waals surface area contributed by atoms with Gasteiger partial charge in [-0.2, -0.15) is 0 Å². The van der Waals surface area contributed by atoms with Crippen LogP contribution in [0, 0.1) is 0 Å². The van der Waals surface area contributed by atoms with E-state index in [0.717, 1.165) is 23.4 Å². The Balaban J connectivity index is 1.78. The van der Waals surface area contributed by atoms with Crippen LogP contribution in [0.3, 0.4) is 0 Å². The van der Waals surface area contributed by atoms with Gasteiger partial charge < -0.3 is 4.84 Å². The second-order valence-corrected chi connectivity index (χ2v) is 3.83. The van der Waals surface area contributed by atoms with Crippen LogP contribution < -0.4 is 0 Å². The van der Waals surface area contributed by atoms with E-state index in [9.17, 15) is 0 Å². The fourth-order valence-electron chi connectivity index (χ4n) is 1.81. The van der Waals surface area contributed by atoms with E-state index < -0.39 is 0 Å². The lowest BCUT2D eigenvalue weighted by Gasteiger charge is -2.05. The minimum absolute atomic E-state index is 0.0774. The predicted molar refractivity (Wildman–Crippen MR) is 63.5 cm³/mol. The molecule has 4 nitrogen and oxygen atoms in total. The molecule has 0 amide bonds. The molecule has 0 saturated carbocycles. The number of pyridine rings is 2. The summed E-state index contributed by atoms with van der Waals surface area (Å²) < 4.78 is 0. The number of hydrogen-bond acceptors (Lipinski definition) is 4. The Bertz CT molecular complexity index is 525. The van der Waals surface area contributed by atoms with Crippen molar-refractivity contribution >= 4 is 5.71 Å². The predicted octanol–water partition coefficient (Wildman–Crippen LogP) is 2.34. The number of rotatable bonds is 2. The standard InChI is InChI=1S/C13H11N3O/c1-2-7-15-11(5-1)13-8-12(16-17-13)10-4-3-6-14-9-10/h1-7,9,13H,8H2. The van der Waals surface area contributed by atoms with Crippen molar-refractivity contribution < 1.29 is 4.84 Å². The number of aromatic nitrogens is 2. The van der Waals surface area contributed by atoms with Gasteiger partial charge in [0.1, 0.15) is 0 Å². The van der Waals surface area contributed by atoms with E-state index in [4.69, 9.17) is 4.84 Å². The Kier molecular flexibility index (Phi) is 2.54. The van der Waals surface area contributed by atoms with Gasteiger partial charge in [-0.1, -0.05) is 11.2 Å². The molecular weight excluding hydrogens is 214 g/mol. The molecule has 0 fully saturated rings. The normalized spacial score (nSPS) is 18.6. The maximum absolute atomic E-state index is 5.40. The van der Waals surface area contributed by atoms with E-state index in [-0.39, 0.29) is 6.10 Å². The zero-order valence-corrected chi connectivity index (χ0v) is 9.15. The van der Waals surface area contributed by atoms with E-state index in [1.165, 1.54) is 0 Å². The number of nitrogens with zero attached hydrogens (tertiary/aromatic N) is 3. The van der Waals surface area contributed by atoms with Gasteiger partial charge in [-0.25, -0.2) is 0 Å². The van der Waals surface area contributed by atoms with Crippen molar-refractivity contribution in [2.75, 3.05) is 0 Å². The summed E-state index contributed by atoms with van der Waals surface area (Å²) in [7, 11) is 0. The molecule has 0 bridgehead atoms. The fraction of sp³-hybridized carbons (Fsp3) is 0.154. The second kappa shape index (κ2) is 4.33. The molecule has 1 unspecified atom stereocenters. The van der Waals surface area contributed by atoms with Gasteiger partial charge in [0.25, 0.3) is 0 Å². The summed E-state index contributed by atoms with van der Waals surface area (Å²) in [6, 6.07) is 9.67. The zero-order valence-electron chi connectivity index (χ0n) is 9.15. The number of hydrogen-bond donors (Lipinski definition) is 0. The van der Waals surface area contributed by atoms with E-state index >= 15 is 0 Å². The van der Waals surface area contributed by atoms with Crippen LogP contribution in [-0.2, 0) is 4.84 Å². The zero-order chi connectivity index (χ0) is 11.5. The molecule has 4 heteroatoms. The van der Waals surface area contributed by atoms with E-state index in [0.29, 0.717) is 0 Å². The molecule has 84 valence electrons. The quantitative estimate of drug-likeness (QED) is 0.788. The average molecular weight is 225 g/mol. The molecule has 1 aliphatic heterocycles. The first-order chi connectivity index (χ1) is 8.43. The van der Waals surface area contributed by atoms with Crippen molar-refractivity contribution in [3.05, 3.63) is 60.2 Å². The molecule has 0 spiro atoms. The minimum Gasteiger partial charge on any atom is -0.385 e. The van der Waals surface area contributed by atoms with Gasteiger partial charge >= 0.3 is 0 Å². The first-order valence-electron chi connectivity index (χ1n) is 5.47. The monoisotopic (exact) mass is 225 g/mol. The van der Waals surface area contributed by atoms with Gasteiger partial charge in [-0.05, 0) is 24.3 Å². The highest BCUT2D eigenvalue weighted by Crippen LogP contribution is 2.27. The second-order valence-electron chi connectivity index (χ2n) is 3.83. The van der Waals surface area contributed by atoms with Gasteiger partial charge in [0.05, 0.1) is 11.4 Å². The van der Waals surface area contributed by atoms with E-state index in [1.807, 2.05) is 30.3 Å². The van der Waals surface area contributed by atoms with Crippen molar-refractivity contribution in [1.82, 2.24) is 9.97 Å². The van der Waals surface area contributed by atoms with Crippen LogP contribution in [0.5, 0.6) is 0 Å². The third kappa shape index (κ3) is 2.01. The third-order valence-electron chi connectivity index (χ3n) is 2.68. The van der Waals surface area contributed by atoms with E-state index in [2.05, 4.69) is 15.1 Å². The molecule has 2 aromatic heterocycles.